The number of hydrogen-bond acceptors (Lipinski definition) is 6. The summed E-state index contributed by atoms with van der Waals surface area (Å²) in [6, 6.07) is 9.51. The number of ether oxygens (including phenoxy) is 2. The van der Waals surface area contributed by atoms with Crippen LogP contribution in [0.3, 0.4) is 0 Å². The molecule has 3 aromatic rings. The number of para-hydroxylation sites is 1. The summed E-state index contributed by atoms with van der Waals surface area (Å²) in [4.78, 5) is 26.8. The third kappa shape index (κ3) is 5.65. The van der Waals surface area contributed by atoms with Crippen LogP contribution >= 0.6 is 0 Å². The molecular weight excluding hydrogens is 513 g/mol. The van der Waals surface area contributed by atoms with Gasteiger partial charge in [0.25, 0.3) is 11.5 Å². The maximum absolute atomic E-state index is 14.8. The van der Waals surface area contributed by atoms with Gasteiger partial charge in [-0.15, -0.1) is 0 Å². The Morgan fingerprint density at radius 3 is 2.50 bits per heavy atom. The lowest BCUT2D eigenvalue weighted by Gasteiger charge is -2.22. The van der Waals surface area contributed by atoms with Crippen LogP contribution in [0.15, 0.2) is 41.2 Å². The van der Waals surface area contributed by atoms with Crippen LogP contribution in [0.2, 0.25) is 0 Å². The first-order valence-corrected chi connectivity index (χ1v) is 13.1. The average molecular weight is 544 g/mol. The van der Waals surface area contributed by atoms with Crippen LogP contribution in [-0.2, 0) is 18.2 Å². The van der Waals surface area contributed by atoms with Crippen molar-refractivity contribution in [2.45, 2.75) is 32.7 Å². The summed E-state index contributed by atoms with van der Waals surface area (Å²) in [7, 11) is 4.44. The quantitative estimate of drug-likeness (QED) is 0.309. The largest absolute Gasteiger partial charge is 0.491 e. The lowest BCUT2D eigenvalue weighted by Crippen LogP contribution is -2.31. The number of aromatic nitrogens is 1. The molecule has 1 aliphatic carbocycles. The van der Waals surface area contributed by atoms with Gasteiger partial charge in [-0.25, -0.2) is 13.3 Å². The fourth-order valence-corrected chi connectivity index (χ4v) is 4.34. The molecule has 0 bridgehead atoms. The van der Waals surface area contributed by atoms with Crippen molar-refractivity contribution in [3.63, 3.8) is 0 Å². The number of hydrogen-bond donors (Lipinski definition) is 4. The highest BCUT2D eigenvalue weighted by Crippen LogP contribution is 2.41. The minimum Gasteiger partial charge on any atom is -0.491 e. The molecule has 1 unspecified atom stereocenters. The number of aryl methyl sites for hydroxylation is 1. The Hall–Kier alpha value is -3.90. The zero-order valence-corrected chi connectivity index (χ0v) is 22.5. The van der Waals surface area contributed by atoms with Crippen LogP contribution in [-0.4, -0.2) is 34.9 Å². The Balaban J connectivity index is 1.88. The normalized spacial score (nSPS) is 13.5. The molecule has 4 rings (SSSR count). The van der Waals surface area contributed by atoms with Gasteiger partial charge < -0.3 is 20.1 Å². The maximum atomic E-state index is 14.8. The van der Waals surface area contributed by atoms with Crippen LogP contribution in [0.25, 0.3) is 0 Å². The summed E-state index contributed by atoms with van der Waals surface area (Å²) in [5, 5.41) is 5.87. The van der Waals surface area contributed by atoms with Gasteiger partial charge in [0.1, 0.15) is 17.2 Å². The van der Waals surface area contributed by atoms with Crippen molar-refractivity contribution in [3.8, 4) is 17.2 Å². The van der Waals surface area contributed by atoms with E-state index >= 15 is 0 Å². The minimum atomic E-state index is -1.60. The number of nitrogens with zero attached hydrogens (tertiary/aromatic N) is 1. The molecule has 38 heavy (non-hydrogen) atoms. The predicted molar refractivity (Wildman–Crippen MR) is 145 cm³/mol. The lowest BCUT2D eigenvalue weighted by molar-refractivity contribution is 0.0948. The zero-order chi connectivity index (χ0) is 27.6. The van der Waals surface area contributed by atoms with Crippen molar-refractivity contribution in [3.05, 3.63) is 69.3 Å². The zero-order valence-electron chi connectivity index (χ0n) is 21.7. The number of nitrogens with one attached hydrogen (secondary N) is 4. The van der Waals surface area contributed by atoms with Crippen molar-refractivity contribution in [2.24, 2.45) is 7.05 Å². The van der Waals surface area contributed by atoms with E-state index in [1.165, 1.54) is 37.9 Å². The fraction of sp³-hybridized carbons (Fsp3) is 0.308. The molecule has 1 fully saturated rings. The molecule has 0 aliphatic heterocycles. The molecule has 0 radical (unpaired) electrons. The molecule has 1 heterocycles. The summed E-state index contributed by atoms with van der Waals surface area (Å²) in [5.41, 5.74) is 0.949. The number of pyridine rings is 1. The summed E-state index contributed by atoms with van der Waals surface area (Å²) >= 11 is -1.60. The van der Waals surface area contributed by atoms with E-state index in [4.69, 9.17) is 9.47 Å². The second-order valence-electron chi connectivity index (χ2n) is 8.91. The molecule has 1 aromatic heterocycles. The standard InChI is InChI=1S/C26H30FN5O5S/c1-14-9-12-18(17(27)13-14)30-24-21(25(33)29-16-10-11-16)22(15(2)26(34)32(24)4)37-20-8-6-7-19(23(20)36-5)31-38(35)28-3/h6-9,12-13,16,28,30-31H,10-11H2,1-5H3,(H,29,33). The number of anilines is 3. The number of rotatable bonds is 10. The number of halogens is 1. The number of carbonyl (C=O) groups excluding carboxylic acids is 1. The summed E-state index contributed by atoms with van der Waals surface area (Å²) < 4.78 is 45.1. The molecule has 0 saturated heterocycles. The molecule has 10 nitrogen and oxygen atoms in total. The first-order chi connectivity index (χ1) is 18.1. The van der Waals surface area contributed by atoms with Crippen LogP contribution in [0, 0.1) is 19.7 Å². The third-order valence-corrected chi connectivity index (χ3v) is 6.84. The van der Waals surface area contributed by atoms with E-state index in [1.807, 2.05) is 0 Å². The van der Waals surface area contributed by atoms with Gasteiger partial charge in [0.2, 0.25) is 0 Å². The number of methoxy groups -OCH3 is 1. The number of benzene rings is 2. The second kappa shape index (κ2) is 11.2. The van der Waals surface area contributed by atoms with Crippen molar-refractivity contribution in [2.75, 3.05) is 24.2 Å². The Kier molecular flexibility index (Phi) is 8.02. The van der Waals surface area contributed by atoms with Gasteiger partial charge in [0.15, 0.2) is 28.4 Å². The van der Waals surface area contributed by atoms with Crippen LogP contribution < -0.4 is 35.1 Å². The third-order valence-electron chi connectivity index (χ3n) is 6.07. The van der Waals surface area contributed by atoms with Crippen molar-refractivity contribution in [1.82, 2.24) is 14.6 Å². The number of amides is 1. The Bertz CT molecular complexity index is 1470. The van der Waals surface area contributed by atoms with E-state index in [9.17, 15) is 18.2 Å². The maximum Gasteiger partial charge on any atom is 0.259 e. The monoisotopic (exact) mass is 543 g/mol. The fourth-order valence-electron chi connectivity index (χ4n) is 3.88. The van der Waals surface area contributed by atoms with Gasteiger partial charge in [-0.05, 0) is 63.6 Å². The van der Waals surface area contributed by atoms with Gasteiger partial charge in [-0.3, -0.25) is 18.9 Å². The number of carbonyl (C=O) groups is 1. The van der Waals surface area contributed by atoms with Gasteiger partial charge >= 0.3 is 0 Å². The first-order valence-electron chi connectivity index (χ1n) is 11.9. The minimum absolute atomic E-state index is 0.00791. The van der Waals surface area contributed by atoms with Crippen LogP contribution in [0.4, 0.5) is 21.6 Å². The first kappa shape index (κ1) is 27.1. The van der Waals surface area contributed by atoms with Gasteiger partial charge in [0.05, 0.1) is 24.0 Å². The molecular formula is C26H30FN5O5S. The van der Waals surface area contributed by atoms with E-state index in [0.717, 1.165) is 18.4 Å². The summed E-state index contributed by atoms with van der Waals surface area (Å²) in [5.74, 6) is -0.556. The summed E-state index contributed by atoms with van der Waals surface area (Å²) in [6.45, 7) is 3.31. The molecule has 1 amide bonds. The van der Waals surface area contributed by atoms with E-state index < -0.39 is 28.5 Å². The highest BCUT2D eigenvalue weighted by atomic mass is 32.2. The van der Waals surface area contributed by atoms with Gasteiger partial charge in [-0.1, -0.05) is 12.1 Å². The predicted octanol–water partition coefficient (Wildman–Crippen LogP) is 3.79. The smallest absolute Gasteiger partial charge is 0.259 e. The Morgan fingerprint density at radius 2 is 1.87 bits per heavy atom. The molecule has 202 valence electrons. The molecule has 0 spiro atoms. The lowest BCUT2D eigenvalue weighted by atomic mass is 10.1. The highest BCUT2D eigenvalue weighted by molar-refractivity contribution is 7.84. The molecule has 2 aromatic carbocycles. The van der Waals surface area contributed by atoms with Crippen molar-refractivity contribution in [1.29, 1.82) is 0 Å². The van der Waals surface area contributed by atoms with Crippen molar-refractivity contribution < 1.29 is 22.9 Å². The second-order valence-corrected chi connectivity index (χ2v) is 10.1. The van der Waals surface area contributed by atoms with Crippen molar-refractivity contribution >= 4 is 34.3 Å². The molecule has 1 aliphatic rings. The van der Waals surface area contributed by atoms with Crippen LogP contribution in [0.5, 0.6) is 17.2 Å². The Labute approximate surface area is 222 Å². The van der Waals surface area contributed by atoms with Gasteiger partial charge in [-0.2, -0.15) is 0 Å². The highest BCUT2D eigenvalue weighted by Gasteiger charge is 2.31. The van der Waals surface area contributed by atoms with Crippen LogP contribution in [0.1, 0.15) is 34.3 Å². The van der Waals surface area contributed by atoms with E-state index in [-0.39, 0.29) is 45.9 Å². The van der Waals surface area contributed by atoms with Gasteiger partial charge in [0, 0.05) is 13.1 Å². The molecule has 4 N–H and O–H groups in total. The summed E-state index contributed by atoms with van der Waals surface area (Å²) in [6.07, 6.45) is 1.68. The molecule has 12 heteroatoms. The van der Waals surface area contributed by atoms with E-state index in [2.05, 4.69) is 20.1 Å². The SMILES string of the molecule is CNS(=O)Nc1cccc(Oc2c(C(=O)NC3CC3)c(Nc3ccc(C)cc3F)n(C)c(=O)c2C)c1OC. The molecule has 1 atom stereocenters. The topological polar surface area (TPSA) is 123 Å². The molecule has 1 saturated carbocycles. The average Bonchev–Trinajstić information content (AvgIpc) is 3.70. The van der Waals surface area contributed by atoms with E-state index in [0.29, 0.717) is 5.69 Å². The van der Waals surface area contributed by atoms with E-state index in [1.54, 1.807) is 38.1 Å². The Morgan fingerprint density at radius 1 is 1.13 bits per heavy atom.